The summed E-state index contributed by atoms with van der Waals surface area (Å²) in [5.41, 5.74) is 3.10. The van der Waals surface area contributed by atoms with Gasteiger partial charge in [-0.05, 0) is 36.3 Å². The van der Waals surface area contributed by atoms with Gasteiger partial charge in [-0.15, -0.1) is 0 Å². The van der Waals surface area contributed by atoms with Crippen molar-refractivity contribution in [2.75, 3.05) is 0 Å². The van der Waals surface area contributed by atoms with Crippen LogP contribution in [0.5, 0.6) is 23.0 Å². The molecule has 3 aromatic rings. The molecule has 0 bridgehead atoms. The zero-order valence-electron chi connectivity index (χ0n) is 15.8. The monoisotopic (exact) mass is 391 g/mol. The van der Waals surface area contributed by atoms with E-state index < -0.39 is 23.0 Å². The minimum Gasteiger partial charge on any atom is -0.504 e. The lowest BCUT2D eigenvalue weighted by molar-refractivity contribution is 0.0951. The highest BCUT2D eigenvalue weighted by molar-refractivity contribution is 5.95. The first-order chi connectivity index (χ1) is 13.8. The summed E-state index contributed by atoms with van der Waals surface area (Å²) in [4.78, 5) is 12.4. The predicted octanol–water partition coefficient (Wildman–Crippen LogP) is 3.92. The Balaban J connectivity index is 1.75. The second-order valence-corrected chi connectivity index (χ2v) is 6.65. The van der Waals surface area contributed by atoms with Gasteiger partial charge in [0, 0.05) is 18.2 Å². The van der Waals surface area contributed by atoms with Crippen molar-refractivity contribution in [2.45, 2.75) is 13.5 Å². The Bertz CT molecular complexity index is 1050. The Morgan fingerprint density at radius 1 is 0.897 bits per heavy atom. The van der Waals surface area contributed by atoms with E-state index in [4.69, 9.17) is 0 Å². The Morgan fingerprint density at radius 2 is 1.55 bits per heavy atom. The maximum absolute atomic E-state index is 12.4. The third-order valence-electron chi connectivity index (χ3n) is 4.43. The second-order valence-electron chi connectivity index (χ2n) is 6.65. The van der Waals surface area contributed by atoms with Crippen LogP contribution >= 0.6 is 0 Å². The molecule has 3 aromatic carbocycles. The van der Waals surface area contributed by atoms with Crippen molar-refractivity contribution in [1.82, 2.24) is 5.32 Å². The van der Waals surface area contributed by atoms with Crippen LogP contribution in [-0.2, 0) is 6.54 Å². The number of aromatic hydroxyl groups is 4. The van der Waals surface area contributed by atoms with Gasteiger partial charge in [0.25, 0.3) is 5.91 Å². The van der Waals surface area contributed by atoms with Crippen molar-refractivity contribution in [3.05, 3.63) is 82.4 Å². The average molecular weight is 391 g/mol. The first-order valence-corrected chi connectivity index (χ1v) is 8.94. The molecule has 0 aliphatic rings. The first-order valence-electron chi connectivity index (χ1n) is 8.94. The summed E-state index contributed by atoms with van der Waals surface area (Å²) in [6, 6.07) is 15.5. The van der Waals surface area contributed by atoms with Crippen molar-refractivity contribution < 1.29 is 25.2 Å². The van der Waals surface area contributed by atoms with E-state index >= 15 is 0 Å². The quantitative estimate of drug-likeness (QED) is 0.257. The Morgan fingerprint density at radius 3 is 2.21 bits per heavy atom. The molecule has 29 heavy (non-hydrogen) atoms. The third-order valence-corrected chi connectivity index (χ3v) is 4.43. The fourth-order valence-corrected chi connectivity index (χ4v) is 2.77. The number of phenolic OH excluding ortho intramolecular Hbond substituents is 4. The van der Waals surface area contributed by atoms with E-state index in [2.05, 4.69) is 5.32 Å². The number of benzene rings is 3. The smallest absolute Gasteiger partial charge is 0.251 e. The highest BCUT2D eigenvalue weighted by atomic mass is 16.3. The summed E-state index contributed by atoms with van der Waals surface area (Å²) < 4.78 is 0. The molecule has 0 unspecified atom stereocenters. The highest BCUT2D eigenvalue weighted by Gasteiger charge is 2.14. The SMILES string of the molecule is Cc1ccc(CNC(=O)c2cccc(C=Cc3c(O)c(O)cc(O)c3O)c2)cc1. The molecule has 0 spiro atoms. The molecule has 0 aliphatic heterocycles. The standard InChI is InChI=1S/C23H21NO5/c1-14-5-7-16(8-6-14)13-24-23(29)17-4-2-3-15(11-17)9-10-18-21(27)19(25)12-20(26)22(18)28/h2-12,25-28H,13H2,1H3,(H,24,29). The van der Waals surface area contributed by atoms with Gasteiger partial charge in [0.15, 0.2) is 23.0 Å². The summed E-state index contributed by atoms with van der Waals surface area (Å²) >= 11 is 0. The number of carbonyl (C=O) groups excluding carboxylic acids is 1. The summed E-state index contributed by atoms with van der Waals surface area (Å²) in [7, 11) is 0. The number of phenols is 4. The molecule has 0 aliphatic carbocycles. The molecule has 5 N–H and O–H groups in total. The van der Waals surface area contributed by atoms with E-state index in [9.17, 15) is 25.2 Å². The maximum atomic E-state index is 12.4. The summed E-state index contributed by atoms with van der Waals surface area (Å²) in [5, 5.41) is 41.8. The highest BCUT2D eigenvalue weighted by Crippen LogP contribution is 2.42. The normalized spacial score (nSPS) is 10.9. The lowest BCUT2D eigenvalue weighted by Gasteiger charge is -2.08. The van der Waals surface area contributed by atoms with Crippen molar-refractivity contribution in [3.63, 3.8) is 0 Å². The second kappa shape index (κ2) is 8.39. The van der Waals surface area contributed by atoms with Crippen LogP contribution in [0.1, 0.15) is 32.6 Å². The average Bonchev–Trinajstić information content (AvgIpc) is 2.72. The van der Waals surface area contributed by atoms with Gasteiger partial charge in [-0.3, -0.25) is 4.79 Å². The van der Waals surface area contributed by atoms with Crippen molar-refractivity contribution >= 4 is 18.1 Å². The van der Waals surface area contributed by atoms with E-state index in [1.807, 2.05) is 31.2 Å². The number of hydrogen-bond donors (Lipinski definition) is 5. The molecular formula is C23H21NO5. The Labute approximate surface area is 168 Å². The molecule has 0 atom stereocenters. The molecule has 0 saturated carbocycles. The van der Waals surface area contributed by atoms with Crippen LogP contribution in [0.15, 0.2) is 54.6 Å². The molecule has 0 fully saturated rings. The van der Waals surface area contributed by atoms with Gasteiger partial charge in [-0.2, -0.15) is 0 Å². The van der Waals surface area contributed by atoms with Gasteiger partial charge in [0.1, 0.15) is 0 Å². The van der Waals surface area contributed by atoms with Gasteiger partial charge in [-0.25, -0.2) is 0 Å². The zero-order chi connectivity index (χ0) is 21.0. The fourth-order valence-electron chi connectivity index (χ4n) is 2.77. The van der Waals surface area contributed by atoms with E-state index in [0.717, 1.165) is 17.2 Å². The minimum absolute atomic E-state index is 0.128. The molecule has 6 heteroatoms. The molecular weight excluding hydrogens is 370 g/mol. The van der Waals surface area contributed by atoms with Crippen LogP contribution in [0, 0.1) is 6.92 Å². The first kappa shape index (κ1) is 19.8. The van der Waals surface area contributed by atoms with Gasteiger partial charge in [0.2, 0.25) is 0 Å². The van der Waals surface area contributed by atoms with Crippen LogP contribution in [0.4, 0.5) is 0 Å². The zero-order valence-corrected chi connectivity index (χ0v) is 15.8. The number of nitrogens with one attached hydrogen (secondary N) is 1. The van der Waals surface area contributed by atoms with E-state index in [1.54, 1.807) is 30.3 Å². The van der Waals surface area contributed by atoms with Gasteiger partial charge < -0.3 is 25.7 Å². The van der Waals surface area contributed by atoms with Crippen LogP contribution in [0.3, 0.4) is 0 Å². The predicted molar refractivity (Wildman–Crippen MR) is 111 cm³/mol. The van der Waals surface area contributed by atoms with Crippen LogP contribution in [0.25, 0.3) is 12.2 Å². The largest absolute Gasteiger partial charge is 0.504 e. The molecule has 6 nitrogen and oxygen atoms in total. The number of aryl methyl sites for hydroxylation is 1. The molecule has 0 saturated heterocycles. The number of hydrogen-bond acceptors (Lipinski definition) is 5. The minimum atomic E-state index is -0.552. The number of rotatable bonds is 5. The molecule has 148 valence electrons. The van der Waals surface area contributed by atoms with E-state index in [0.29, 0.717) is 17.7 Å². The molecule has 0 heterocycles. The van der Waals surface area contributed by atoms with Crippen LogP contribution < -0.4 is 5.32 Å². The third kappa shape index (κ3) is 4.68. The van der Waals surface area contributed by atoms with E-state index in [-0.39, 0.29) is 11.5 Å². The fraction of sp³-hybridized carbons (Fsp3) is 0.0870. The molecule has 0 radical (unpaired) electrons. The van der Waals surface area contributed by atoms with E-state index in [1.165, 1.54) is 6.08 Å². The lowest BCUT2D eigenvalue weighted by Crippen LogP contribution is -2.22. The topological polar surface area (TPSA) is 110 Å². The Hall–Kier alpha value is -3.93. The number of amides is 1. The molecule has 1 amide bonds. The molecule has 3 rings (SSSR count). The van der Waals surface area contributed by atoms with Gasteiger partial charge in [-0.1, -0.05) is 48.0 Å². The summed E-state index contributed by atoms with van der Waals surface area (Å²) in [5.74, 6) is -2.44. The van der Waals surface area contributed by atoms with Crippen molar-refractivity contribution in [3.8, 4) is 23.0 Å². The summed E-state index contributed by atoms with van der Waals surface area (Å²) in [6.07, 6.45) is 2.89. The molecule has 0 aromatic heterocycles. The Kier molecular flexibility index (Phi) is 5.74. The van der Waals surface area contributed by atoms with Crippen molar-refractivity contribution in [1.29, 1.82) is 0 Å². The number of carbonyl (C=O) groups is 1. The van der Waals surface area contributed by atoms with Crippen molar-refractivity contribution in [2.24, 2.45) is 0 Å². The summed E-state index contributed by atoms with van der Waals surface area (Å²) in [6.45, 7) is 2.41. The lowest BCUT2D eigenvalue weighted by atomic mass is 10.1. The maximum Gasteiger partial charge on any atom is 0.251 e. The van der Waals surface area contributed by atoms with Crippen LogP contribution in [-0.4, -0.2) is 26.3 Å². The van der Waals surface area contributed by atoms with Crippen LogP contribution in [0.2, 0.25) is 0 Å². The van der Waals surface area contributed by atoms with Gasteiger partial charge in [0.05, 0.1) is 5.56 Å². The van der Waals surface area contributed by atoms with Gasteiger partial charge >= 0.3 is 0 Å².